The third-order valence-electron chi connectivity index (χ3n) is 5.65. The normalized spacial score (nSPS) is 26.0. The quantitative estimate of drug-likeness (QED) is 0.806. The van der Waals surface area contributed by atoms with Gasteiger partial charge in [-0.25, -0.2) is 0 Å². The maximum absolute atomic E-state index is 12.9. The highest BCUT2D eigenvalue weighted by atomic mass is 16.5. The number of carbonyl (C=O) groups excluding carboxylic acids is 1. The monoisotopic (exact) mass is 376 g/mol. The van der Waals surface area contributed by atoms with Crippen molar-refractivity contribution in [3.63, 3.8) is 0 Å². The van der Waals surface area contributed by atoms with Gasteiger partial charge in [0.2, 0.25) is 5.91 Å². The maximum Gasteiger partial charge on any atom is 0.314 e. The molecule has 7 heteroatoms. The number of likely N-dealkylation sites (tertiary alicyclic amines) is 1. The fourth-order valence-corrected chi connectivity index (χ4v) is 4.11. The van der Waals surface area contributed by atoms with E-state index < -0.39 is 17.5 Å². The highest BCUT2D eigenvalue weighted by Crippen LogP contribution is 2.35. The van der Waals surface area contributed by atoms with Crippen LogP contribution in [0.5, 0.6) is 5.75 Å². The molecule has 0 radical (unpaired) electrons. The van der Waals surface area contributed by atoms with Crippen LogP contribution in [0.1, 0.15) is 31.7 Å². The summed E-state index contributed by atoms with van der Waals surface area (Å²) >= 11 is 0. The van der Waals surface area contributed by atoms with Crippen molar-refractivity contribution in [1.82, 2.24) is 9.80 Å². The first kappa shape index (κ1) is 19.6. The van der Waals surface area contributed by atoms with Crippen molar-refractivity contribution in [3.05, 3.63) is 29.8 Å². The molecule has 0 bridgehead atoms. The number of amides is 1. The van der Waals surface area contributed by atoms with Gasteiger partial charge in [-0.05, 0) is 18.9 Å². The second-order valence-electron chi connectivity index (χ2n) is 7.50. The van der Waals surface area contributed by atoms with Crippen LogP contribution < -0.4 is 4.74 Å². The highest BCUT2D eigenvalue weighted by molar-refractivity contribution is 5.81. The van der Waals surface area contributed by atoms with E-state index in [9.17, 15) is 19.8 Å². The van der Waals surface area contributed by atoms with Crippen molar-refractivity contribution in [2.24, 2.45) is 5.41 Å². The van der Waals surface area contributed by atoms with E-state index in [0.29, 0.717) is 45.5 Å². The summed E-state index contributed by atoms with van der Waals surface area (Å²) < 4.78 is 5.74. The molecule has 1 saturated heterocycles. The van der Waals surface area contributed by atoms with Crippen LogP contribution in [0.4, 0.5) is 0 Å². The van der Waals surface area contributed by atoms with Crippen molar-refractivity contribution < 1.29 is 24.5 Å². The summed E-state index contributed by atoms with van der Waals surface area (Å²) in [7, 11) is 0. The highest BCUT2D eigenvalue weighted by Gasteiger charge is 2.49. The second kappa shape index (κ2) is 8.27. The van der Waals surface area contributed by atoms with E-state index in [1.165, 1.54) is 0 Å². The van der Waals surface area contributed by atoms with Crippen molar-refractivity contribution >= 4 is 11.9 Å². The summed E-state index contributed by atoms with van der Waals surface area (Å²) in [5.74, 6) is -0.268. The molecule has 2 aliphatic heterocycles. The SMILES string of the molecule is CCC[C@@]1(C(=O)O)CN(C(=O)CN2CCOc3ccccc3C2)CC[C@@H]1O. The van der Waals surface area contributed by atoms with E-state index in [4.69, 9.17) is 4.74 Å². The van der Waals surface area contributed by atoms with Crippen LogP contribution in [0.3, 0.4) is 0 Å². The predicted octanol–water partition coefficient (Wildman–Crippen LogP) is 1.35. The predicted molar refractivity (Wildman–Crippen MR) is 99.4 cm³/mol. The number of rotatable bonds is 5. The molecule has 2 heterocycles. The Morgan fingerprint density at radius 2 is 2.07 bits per heavy atom. The molecule has 0 unspecified atom stereocenters. The maximum atomic E-state index is 12.9. The van der Waals surface area contributed by atoms with Crippen molar-refractivity contribution in [3.8, 4) is 5.75 Å². The average Bonchev–Trinajstić information content (AvgIpc) is 2.85. The number of piperidine rings is 1. The van der Waals surface area contributed by atoms with Gasteiger partial charge in [0.25, 0.3) is 0 Å². The number of aliphatic carboxylic acids is 1. The minimum Gasteiger partial charge on any atom is -0.492 e. The third kappa shape index (κ3) is 4.09. The number of aliphatic hydroxyl groups excluding tert-OH is 1. The number of carbonyl (C=O) groups is 2. The molecule has 0 spiro atoms. The molecule has 3 rings (SSSR count). The van der Waals surface area contributed by atoms with Gasteiger partial charge in [0, 0.05) is 31.7 Å². The largest absolute Gasteiger partial charge is 0.492 e. The van der Waals surface area contributed by atoms with Gasteiger partial charge >= 0.3 is 5.97 Å². The first-order valence-electron chi connectivity index (χ1n) is 9.58. The van der Waals surface area contributed by atoms with Crippen LogP contribution in [0.15, 0.2) is 24.3 Å². The van der Waals surface area contributed by atoms with Crippen LogP contribution in [0.25, 0.3) is 0 Å². The number of aliphatic hydroxyl groups is 1. The molecule has 0 aromatic heterocycles. The Balaban J connectivity index is 1.68. The lowest BCUT2D eigenvalue weighted by Gasteiger charge is -2.43. The van der Waals surface area contributed by atoms with Crippen LogP contribution in [-0.4, -0.2) is 70.8 Å². The van der Waals surface area contributed by atoms with Gasteiger partial charge in [-0.1, -0.05) is 31.5 Å². The molecule has 2 aliphatic rings. The van der Waals surface area contributed by atoms with Crippen LogP contribution in [-0.2, 0) is 16.1 Å². The number of carboxylic acids is 1. The zero-order chi connectivity index (χ0) is 19.4. The molecular formula is C20H28N2O5. The van der Waals surface area contributed by atoms with Crippen LogP contribution in [0.2, 0.25) is 0 Å². The first-order valence-corrected chi connectivity index (χ1v) is 9.58. The number of hydrogen-bond acceptors (Lipinski definition) is 5. The lowest BCUT2D eigenvalue weighted by atomic mass is 9.74. The number of carboxylic acid groups (broad SMARTS) is 1. The smallest absolute Gasteiger partial charge is 0.314 e. The molecule has 1 fully saturated rings. The number of benzene rings is 1. The molecule has 1 aromatic rings. The molecule has 27 heavy (non-hydrogen) atoms. The van der Waals surface area contributed by atoms with Gasteiger partial charge in [-0.2, -0.15) is 0 Å². The summed E-state index contributed by atoms with van der Waals surface area (Å²) in [6.07, 6.45) is 0.380. The van der Waals surface area contributed by atoms with Crippen molar-refractivity contribution in [2.45, 2.75) is 38.8 Å². The van der Waals surface area contributed by atoms with E-state index in [-0.39, 0.29) is 19.0 Å². The van der Waals surface area contributed by atoms with Gasteiger partial charge in [0.15, 0.2) is 0 Å². The zero-order valence-electron chi connectivity index (χ0n) is 15.8. The summed E-state index contributed by atoms with van der Waals surface area (Å²) in [6, 6.07) is 7.80. The Kier molecular flexibility index (Phi) is 6.01. The molecule has 1 aromatic carbocycles. The number of ether oxygens (including phenoxy) is 1. The average molecular weight is 376 g/mol. The summed E-state index contributed by atoms with van der Waals surface area (Å²) in [4.78, 5) is 28.4. The van der Waals surface area contributed by atoms with E-state index in [1.807, 2.05) is 36.1 Å². The Hall–Kier alpha value is -2.12. The minimum atomic E-state index is -1.27. The van der Waals surface area contributed by atoms with Gasteiger partial charge < -0.3 is 19.8 Å². The third-order valence-corrected chi connectivity index (χ3v) is 5.65. The Labute approximate surface area is 159 Å². The Morgan fingerprint density at radius 3 is 2.81 bits per heavy atom. The van der Waals surface area contributed by atoms with Gasteiger partial charge in [-0.3, -0.25) is 14.5 Å². The molecule has 148 valence electrons. The van der Waals surface area contributed by atoms with Crippen molar-refractivity contribution in [2.75, 3.05) is 32.8 Å². The van der Waals surface area contributed by atoms with Crippen molar-refractivity contribution in [1.29, 1.82) is 0 Å². The van der Waals surface area contributed by atoms with Crippen LogP contribution in [0, 0.1) is 5.41 Å². The van der Waals surface area contributed by atoms with E-state index >= 15 is 0 Å². The second-order valence-corrected chi connectivity index (χ2v) is 7.50. The molecule has 1 amide bonds. The fourth-order valence-electron chi connectivity index (χ4n) is 4.11. The minimum absolute atomic E-state index is 0.0666. The molecular weight excluding hydrogens is 348 g/mol. The van der Waals surface area contributed by atoms with Crippen LogP contribution >= 0.6 is 0 Å². The molecule has 2 N–H and O–H groups in total. The number of fused-ring (bicyclic) bond motifs is 1. The first-order chi connectivity index (χ1) is 13.0. The Morgan fingerprint density at radius 1 is 1.30 bits per heavy atom. The zero-order valence-corrected chi connectivity index (χ0v) is 15.8. The Bertz CT molecular complexity index is 695. The number of nitrogens with zero attached hydrogens (tertiary/aromatic N) is 2. The van der Waals surface area contributed by atoms with Gasteiger partial charge in [-0.15, -0.1) is 0 Å². The summed E-state index contributed by atoms with van der Waals surface area (Å²) in [5.41, 5.74) is -0.223. The molecule has 0 aliphatic carbocycles. The summed E-state index contributed by atoms with van der Waals surface area (Å²) in [5, 5.41) is 20.1. The van der Waals surface area contributed by atoms with Gasteiger partial charge in [0.1, 0.15) is 17.8 Å². The lowest BCUT2D eigenvalue weighted by Crippen LogP contribution is -2.58. The molecule has 7 nitrogen and oxygen atoms in total. The molecule has 0 saturated carbocycles. The van der Waals surface area contributed by atoms with E-state index in [0.717, 1.165) is 11.3 Å². The van der Waals surface area contributed by atoms with E-state index in [1.54, 1.807) is 4.90 Å². The topological polar surface area (TPSA) is 90.3 Å². The standard InChI is InChI=1S/C20H28N2O5/c1-2-8-20(19(25)26)14-22(9-7-17(20)23)18(24)13-21-10-11-27-16-6-4-3-5-15(16)12-21/h3-6,17,23H,2,7-14H2,1H3,(H,25,26)/t17-,20+/m0/s1. The lowest BCUT2D eigenvalue weighted by molar-refractivity contribution is -0.167. The van der Waals surface area contributed by atoms with E-state index in [2.05, 4.69) is 0 Å². The number of para-hydroxylation sites is 1. The fraction of sp³-hybridized carbons (Fsp3) is 0.600. The molecule has 2 atom stereocenters. The van der Waals surface area contributed by atoms with Gasteiger partial charge in [0.05, 0.1) is 12.6 Å². The number of hydrogen-bond donors (Lipinski definition) is 2. The summed E-state index contributed by atoms with van der Waals surface area (Å²) in [6.45, 7) is 4.34.